The number of ether oxygens (including phenoxy) is 3. The van der Waals surface area contributed by atoms with Gasteiger partial charge in [-0.05, 0) is 195 Å². The fraction of sp³-hybridized carbons (Fsp3) is 0.583. The Balaban J connectivity index is 0.000000168. The first kappa shape index (κ1) is 54.2. The minimum absolute atomic E-state index is 0.0138. The lowest BCUT2D eigenvalue weighted by Gasteiger charge is -2.58. The van der Waals surface area contributed by atoms with Crippen molar-refractivity contribution < 1.29 is 38.2 Å². The van der Waals surface area contributed by atoms with E-state index in [1.807, 2.05) is 24.3 Å². The molecule has 0 amide bonds. The molecular weight excluding hydrogens is 933 g/mol. The topological polar surface area (TPSA) is 269 Å². The predicted octanol–water partition coefficient (Wildman–Crippen LogP) is 10.4. The molecule has 4 saturated carbocycles. The largest absolute Gasteiger partial charge is 0.458 e. The van der Waals surface area contributed by atoms with E-state index in [0.29, 0.717) is 28.8 Å². The van der Waals surface area contributed by atoms with Gasteiger partial charge in [-0.3, -0.25) is 19.2 Å². The molecule has 12 N–H and O–H groups in total. The van der Waals surface area contributed by atoms with Crippen LogP contribution in [0.1, 0.15) is 152 Å². The zero-order valence-electron chi connectivity index (χ0n) is 44.4. The standard InChI is InChI=1S/C34H52N2O2.C16H22N4.C10H8O6/c1-21(2)7-6-8-22(3)29-11-12-30-28-10-9-24-19-27(38-32(37)23-17-25(35)20-26(36)18-23)13-15-33(24,4)31(28)14-16-34(29,30)5;17-13-5-11(6-14(18)9-13)3-1-2-4-12-7-15(19)10-16(20)8-12;11-6-2-3-4-1-5(7(3)10(14)15-6)9(13)16-8(4)12/h9,17-18,20-22,27-31H,6-8,10-16,19,35-36H2,1-5H3;5-10H,1-4,17-20H2;3-5,7H,1-2H2. The number of benzene rings is 3. The predicted molar refractivity (Wildman–Crippen MR) is 290 cm³/mol. The van der Waals surface area contributed by atoms with Gasteiger partial charge < -0.3 is 48.6 Å². The van der Waals surface area contributed by atoms with E-state index in [9.17, 15) is 24.0 Å². The minimum Gasteiger partial charge on any atom is -0.458 e. The third-order valence-electron chi connectivity index (χ3n) is 18.6. The Labute approximate surface area is 437 Å². The highest BCUT2D eigenvalue weighted by Crippen LogP contribution is 2.67. The average Bonchev–Trinajstić information content (AvgIpc) is 3.86. The Morgan fingerprint density at radius 2 is 1.22 bits per heavy atom. The Hall–Kier alpha value is -6.05. The van der Waals surface area contributed by atoms with Crippen LogP contribution in [0.5, 0.6) is 0 Å². The van der Waals surface area contributed by atoms with E-state index in [1.54, 1.807) is 35.9 Å². The number of nitrogens with two attached hydrogens (primary N) is 6. The summed E-state index contributed by atoms with van der Waals surface area (Å²) < 4.78 is 15.0. The summed E-state index contributed by atoms with van der Waals surface area (Å²) in [6.45, 7) is 12.5. The van der Waals surface area contributed by atoms with Gasteiger partial charge in [-0.2, -0.15) is 0 Å². The van der Waals surface area contributed by atoms with E-state index in [4.69, 9.17) is 39.1 Å². The van der Waals surface area contributed by atoms with Crippen LogP contribution in [0.4, 0.5) is 34.1 Å². The SMILES string of the molecule is CC(C)CCCC(C)C1CCC2C3CC=C4CC(OC(=O)c5cc(N)cc(N)c5)CCC4(C)C3CCC12C.Nc1cc(N)cc(CCCCc2cc(N)cc(N)c2)c1.O=C1CC2C3CC(C(=O)OC3=O)C2C(=O)O1. The molecule has 14 nitrogen and oxygen atoms in total. The van der Waals surface area contributed by atoms with Crippen LogP contribution in [0.2, 0.25) is 0 Å². The second kappa shape index (κ2) is 22.4. The number of aryl methyl sites for hydroxylation is 2. The van der Waals surface area contributed by atoms with E-state index < -0.39 is 47.5 Å². The van der Waals surface area contributed by atoms with Crippen molar-refractivity contribution >= 4 is 64.0 Å². The number of allylic oxidation sites excluding steroid dienone is 1. The summed E-state index contributed by atoms with van der Waals surface area (Å²) in [5.74, 6) is -0.0829. The Bertz CT molecular complexity index is 2520. The van der Waals surface area contributed by atoms with Gasteiger partial charge in [0.1, 0.15) is 6.10 Å². The number of hydrogen-bond acceptors (Lipinski definition) is 14. The molecule has 0 aromatic heterocycles. The number of nitrogen functional groups attached to an aromatic ring is 6. The monoisotopic (exact) mass is 1010 g/mol. The molecule has 3 aromatic carbocycles. The van der Waals surface area contributed by atoms with Gasteiger partial charge in [-0.25, -0.2) is 4.79 Å². The molecular formula is C60H82N6O8. The molecule has 7 aliphatic rings. The van der Waals surface area contributed by atoms with Gasteiger partial charge in [0.05, 0.1) is 29.7 Å². The highest BCUT2D eigenvalue weighted by molar-refractivity contribution is 6.00. The minimum atomic E-state index is -0.694. The Morgan fingerprint density at radius 1 is 0.635 bits per heavy atom. The van der Waals surface area contributed by atoms with Crippen molar-refractivity contribution in [3.63, 3.8) is 0 Å². The van der Waals surface area contributed by atoms with Crippen molar-refractivity contribution in [2.24, 2.45) is 70.0 Å². The number of rotatable bonds is 12. The van der Waals surface area contributed by atoms with Gasteiger partial charge in [0.25, 0.3) is 0 Å². The molecule has 2 bridgehead atoms. The van der Waals surface area contributed by atoms with Crippen LogP contribution in [-0.4, -0.2) is 36.0 Å². The van der Waals surface area contributed by atoms with Gasteiger partial charge >= 0.3 is 29.8 Å². The van der Waals surface area contributed by atoms with E-state index in [-0.39, 0.29) is 23.9 Å². The lowest BCUT2D eigenvalue weighted by atomic mass is 9.47. The number of anilines is 6. The van der Waals surface area contributed by atoms with E-state index in [1.165, 1.54) is 62.5 Å². The van der Waals surface area contributed by atoms with Gasteiger partial charge in [0.15, 0.2) is 0 Å². The van der Waals surface area contributed by atoms with Crippen molar-refractivity contribution in [1.29, 1.82) is 0 Å². The molecule has 12 unspecified atom stereocenters. The first-order valence-corrected chi connectivity index (χ1v) is 27.5. The molecule has 5 aliphatic carbocycles. The Kier molecular flexibility index (Phi) is 16.4. The molecule has 0 spiro atoms. The van der Waals surface area contributed by atoms with E-state index in [2.05, 4.69) is 50.2 Å². The average molecular weight is 1020 g/mol. The maximum Gasteiger partial charge on any atom is 0.338 e. The van der Waals surface area contributed by atoms with Gasteiger partial charge in [-0.15, -0.1) is 0 Å². The van der Waals surface area contributed by atoms with Crippen LogP contribution in [0, 0.1) is 70.0 Å². The zero-order chi connectivity index (χ0) is 53.2. The normalized spacial score (nSPS) is 30.9. The highest BCUT2D eigenvalue weighted by atomic mass is 16.6. The van der Waals surface area contributed by atoms with Crippen molar-refractivity contribution in [3.05, 3.63) is 82.9 Å². The van der Waals surface area contributed by atoms with Gasteiger partial charge in [-0.1, -0.05) is 65.5 Å². The van der Waals surface area contributed by atoms with Gasteiger partial charge in [0.2, 0.25) is 0 Å². The lowest BCUT2D eigenvalue weighted by Crippen LogP contribution is -2.51. The van der Waals surface area contributed by atoms with E-state index >= 15 is 0 Å². The second-order valence-electron chi connectivity index (χ2n) is 24.0. The molecule has 12 atom stereocenters. The summed E-state index contributed by atoms with van der Waals surface area (Å²) in [5.41, 5.74) is 44.0. The number of fused-ring (bicyclic) bond motifs is 10. The molecule has 0 radical (unpaired) electrons. The summed E-state index contributed by atoms with van der Waals surface area (Å²) in [5, 5.41) is 0. The molecule has 2 saturated heterocycles. The number of carbonyl (C=O) groups excluding carboxylic acids is 5. The van der Waals surface area contributed by atoms with E-state index in [0.717, 1.165) is 103 Å². The van der Waals surface area contributed by atoms with Crippen LogP contribution >= 0.6 is 0 Å². The first-order chi connectivity index (χ1) is 35.1. The smallest absolute Gasteiger partial charge is 0.338 e. The summed E-state index contributed by atoms with van der Waals surface area (Å²) in [7, 11) is 0. The Morgan fingerprint density at radius 3 is 1.81 bits per heavy atom. The third-order valence-corrected chi connectivity index (χ3v) is 18.6. The lowest BCUT2D eigenvalue weighted by molar-refractivity contribution is -0.174. The van der Waals surface area contributed by atoms with Crippen LogP contribution in [0.15, 0.2) is 66.2 Å². The van der Waals surface area contributed by atoms with Crippen LogP contribution in [0.25, 0.3) is 0 Å². The summed E-state index contributed by atoms with van der Waals surface area (Å²) in [4.78, 5) is 58.3. The first-order valence-electron chi connectivity index (χ1n) is 27.5. The number of cyclic esters (lactones) is 4. The van der Waals surface area contributed by atoms with Crippen LogP contribution in [-0.2, 0) is 46.2 Å². The number of hydrogen-bond donors (Lipinski definition) is 6. The maximum absolute atomic E-state index is 12.9. The fourth-order valence-corrected chi connectivity index (χ4v) is 15.1. The quantitative estimate of drug-likeness (QED) is 0.0246. The third kappa shape index (κ3) is 11.9. The van der Waals surface area contributed by atoms with Crippen LogP contribution in [0.3, 0.4) is 0 Å². The van der Waals surface area contributed by atoms with Crippen molar-refractivity contribution in [2.45, 2.75) is 150 Å². The number of carbonyl (C=O) groups is 5. The van der Waals surface area contributed by atoms with Crippen molar-refractivity contribution in [3.8, 4) is 0 Å². The molecule has 14 heteroatoms. The molecule has 3 aromatic rings. The molecule has 10 rings (SSSR count). The molecule has 2 aliphatic heterocycles. The number of unbranched alkanes of at least 4 members (excludes halogenated alkanes) is 1. The highest BCUT2D eigenvalue weighted by Gasteiger charge is 2.61. The van der Waals surface area contributed by atoms with Crippen molar-refractivity contribution in [2.75, 3.05) is 34.4 Å². The maximum atomic E-state index is 12.9. The second-order valence-corrected chi connectivity index (χ2v) is 24.0. The molecule has 6 fully saturated rings. The summed E-state index contributed by atoms with van der Waals surface area (Å²) in [6.07, 6.45) is 20.9. The van der Waals surface area contributed by atoms with Gasteiger partial charge in [0, 0.05) is 40.5 Å². The van der Waals surface area contributed by atoms with Crippen LogP contribution < -0.4 is 34.4 Å². The molecule has 74 heavy (non-hydrogen) atoms. The zero-order valence-corrected chi connectivity index (χ0v) is 44.4. The number of esters is 5. The molecule has 2 heterocycles. The molecule has 400 valence electrons. The van der Waals surface area contributed by atoms with Crippen molar-refractivity contribution in [1.82, 2.24) is 0 Å². The fourth-order valence-electron chi connectivity index (χ4n) is 15.1. The summed E-state index contributed by atoms with van der Waals surface area (Å²) >= 11 is 0. The summed E-state index contributed by atoms with van der Waals surface area (Å²) in [6, 6.07) is 16.5.